The van der Waals surface area contributed by atoms with Crippen molar-refractivity contribution in [2.45, 2.75) is 13.3 Å². The summed E-state index contributed by atoms with van der Waals surface area (Å²) in [5.74, 6) is 0.966. The maximum absolute atomic E-state index is 10.7. The van der Waals surface area contributed by atoms with Crippen LogP contribution in [0.2, 0.25) is 0 Å². The first-order chi connectivity index (χ1) is 8.74. The number of hydrogen-bond acceptors (Lipinski definition) is 4. The summed E-state index contributed by atoms with van der Waals surface area (Å²) >= 11 is 0. The van der Waals surface area contributed by atoms with E-state index in [-0.39, 0.29) is 0 Å². The van der Waals surface area contributed by atoms with E-state index >= 15 is 0 Å². The number of ether oxygens (including phenoxy) is 1. The van der Waals surface area contributed by atoms with Crippen molar-refractivity contribution < 1.29 is 9.53 Å². The van der Waals surface area contributed by atoms with E-state index in [9.17, 15) is 4.79 Å². The summed E-state index contributed by atoms with van der Waals surface area (Å²) in [5, 5.41) is 0. The van der Waals surface area contributed by atoms with Crippen molar-refractivity contribution in [3.05, 3.63) is 35.0 Å². The van der Waals surface area contributed by atoms with Gasteiger partial charge in [-0.15, -0.1) is 0 Å². The number of rotatable bonds is 4. The van der Waals surface area contributed by atoms with Gasteiger partial charge in [0.25, 0.3) is 0 Å². The highest BCUT2D eigenvalue weighted by Gasteiger charge is 2.15. The van der Waals surface area contributed by atoms with Crippen LogP contribution in [0.1, 0.15) is 22.3 Å². The fourth-order valence-corrected chi connectivity index (χ4v) is 2.20. The largest absolute Gasteiger partial charge is 0.380 e. The van der Waals surface area contributed by atoms with Crippen molar-refractivity contribution in [3.8, 4) is 0 Å². The van der Waals surface area contributed by atoms with Crippen molar-refractivity contribution in [2.24, 2.45) is 0 Å². The van der Waals surface area contributed by atoms with E-state index in [2.05, 4.69) is 16.0 Å². The second-order valence-corrected chi connectivity index (χ2v) is 4.52. The first-order valence-corrected chi connectivity index (χ1v) is 6.08. The minimum atomic E-state index is 0.629. The zero-order chi connectivity index (χ0) is 13.0. The topological polar surface area (TPSA) is 42.4 Å². The van der Waals surface area contributed by atoms with Gasteiger partial charge in [0.05, 0.1) is 6.61 Å². The molecule has 0 amide bonds. The molecule has 0 fully saturated rings. The minimum Gasteiger partial charge on any atom is -0.380 e. The van der Waals surface area contributed by atoms with Crippen LogP contribution >= 0.6 is 0 Å². The number of pyridine rings is 1. The molecule has 96 valence electrons. The molecule has 1 aliphatic rings. The Labute approximate surface area is 107 Å². The molecule has 0 saturated carbocycles. The Kier molecular flexibility index (Phi) is 4.10. The predicted octanol–water partition coefficient (Wildman–Crippen LogP) is 1.99. The monoisotopic (exact) mass is 246 g/mol. The molecule has 0 spiro atoms. The van der Waals surface area contributed by atoms with Crippen molar-refractivity contribution in [3.63, 3.8) is 0 Å². The molecule has 0 unspecified atom stereocenters. The van der Waals surface area contributed by atoms with Gasteiger partial charge in [-0.05, 0) is 30.5 Å². The summed E-state index contributed by atoms with van der Waals surface area (Å²) in [4.78, 5) is 17.3. The van der Waals surface area contributed by atoms with Crippen LogP contribution in [0.3, 0.4) is 0 Å². The first-order valence-electron chi connectivity index (χ1n) is 6.08. The Morgan fingerprint density at radius 2 is 2.39 bits per heavy atom. The molecule has 0 saturated heterocycles. The third-order valence-electron chi connectivity index (χ3n) is 3.14. The highest BCUT2D eigenvalue weighted by Crippen LogP contribution is 2.21. The standard InChI is InChI=1S/C14H18N2O2/c1-11-7-13(9-17)8-15-14(11)16-5-3-12(4-6-16)10-18-2/h3,7-9H,4-6,10H2,1-2H3. The maximum Gasteiger partial charge on any atom is 0.151 e. The van der Waals surface area contributed by atoms with Gasteiger partial charge in [0.1, 0.15) is 5.82 Å². The molecule has 18 heavy (non-hydrogen) atoms. The van der Waals surface area contributed by atoms with Gasteiger partial charge in [-0.3, -0.25) is 4.79 Å². The van der Waals surface area contributed by atoms with E-state index in [0.717, 1.165) is 37.2 Å². The second-order valence-electron chi connectivity index (χ2n) is 4.52. The van der Waals surface area contributed by atoms with E-state index in [1.165, 1.54) is 5.57 Å². The zero-order valence-corrected chi connectivity index (χ0v) is 10.8. The third kappa shape index (κ3) is 2.76. The third-order valence-corrected chi connectivity index (χ3v) is 3.14. The maximum atomic E-state index is 10.7. The van der Waals surface area contributed by atoms with E-state index in [4.69, 9.17) is 4.74 Å². The van der Waals surface area contributed by atoms with Gasteiger partial charge < -0.3 is 9.64 Å². The highest BCUT2D eigenvalue weighted by atomic mass is 16.5. The lowest BCUT2D eigenvalue weighted by Crippen LogP contribution is -2.30. The van der Waals surface area contributed by atoms with Crippen LogP contribution in [0.4, 0.5) is 5.82 Å². The number of carbonyl (C=O) groups is 1. The molecule has 0 bridgehead atoms. The molecule has 1 aromatic heterocycles. The average molecular weight is 246 g/mol. The summed E-state index contributed by atoms with van der Waals surface area (Å²) in [6.45, 7) is 4.50. The number of aromatic nitrogens is 1. The van der Waals surface area contributed by atoms with E-state index in [1.807, 2.05) is 13.0 Å². The van der Waals surface area contributed by atoms with E-state index in [0.29, 0.717) is 12.2 Å². The normalized spacial score (nSPS) is 15.4. The van der Waals surface area contributed by atoms with Gasteiger partial charge in [-0.1, -0.05) is 6.08 Å². The average Bonchev–Trinajstić information content (AvgIpc) is 2.40. The van der Waals surface area contributed by atoms with Crippen LogP contribution in [0.15, 0.2) is 23.9 Å². The van der Waals surface area contributed by atoms with Gasteiger partial charge in [-0.2, -0.15) is 0 Å². The number of hydrogen-bond donors (Lipinski definition) is 0. The van der Waals surface area contributed by atoms with Crippen LogP contribution in [0.5, 0.6) is 0 Å². The lowest BCUT2D eigenvalue weighted by molar-refractivity contribution is 0.112. The Morgan fingerprint density at radius 3 is 2.94 bits per heavy atom. The number of nitrogens with zero attached hydrogens (tertiary/aromatic N) is 2. The first kappa shape index (κ1) is 12.8. The van der Waals surface area contributed by atoms with Gasteiger partial charge >= 0.3 is 0 Å². The van der Waals surface area contributed by atoms with E-state index in [1.54, 1.807) is 13.3 Å². The van der Waals surface area contributed by atoms with Crippen molar-refractivity contribution in [1.82, 2.24) is 4.98 Å². The molecule has 0 radical (unpaired) electrons. The van der Waals surface area contributed by atoms with Gasteiger partial charge in [-0.25, -0.2) is 4.98 Å². The highest BCUT2D eigenvalue weighted by molar-refractivity contribution is 5.75. The summed E-state index contributed by atoms with van der Waals surface area (Å²) in [6, 6.07) is 1.88. The summed E-state index contributed by atoms with van der Waals surface area (Å²) in [5.41, 5.74) is 3.02. The number of anilines is 1. The smallest absolute Gasteiger partial charge is 0.151 e. The Balaban J connectivity index is 2.12. The minimum absolute atomic E-state index is 0.629. The Hall–Kier alpha value is -1.68. The SMILES string of the molecule is COCC1=CCN(c2ncc(C=O)cc2C)CC1. The molecule has 4 nitrogen and oxygen atoms in total. The van der Waals surface area contributed by atoms with Gasteiger partial charge in [0.15, 0.2) is 6.29 Å². The quantitative estimate of drug-likeness (QED) is 0.602. The fraction of sp³-hybridized carbons (Fsp3) is 0.429. The molecule has 1 aliphatic heterocycles. The van der Waals surface area contributed by atoms with Crippen molar-refractivity contribution in [2.75, 3.05) is 31.7 Å². The lowest BCUT2D eigenvalue weighted by Gasteiger charge is -2.28. The molecular formula is C14H18N2O2. The van der Waals surface area contributed by atoms with Crippen LogP contribution in [-0.2, 0) is 4.74 Å². The second kappa shape index (κ2) is 5.78. The molecule has 2 rings (SSSR count). The summed E-state index contributed by atoms with van der Waals surface area (Å²) in [7, 11) is 1.72. The van der Waals surface area contributed by atoms with Gasteiger partial charge in [0.2, 0.25) is 0 Å². The molecule has 0 N–H and O–H groups in total. The van der Waals surface area contributed by atoms with Crippen LogP contribution in [0.25, 0.3) is 0 Å². The zero-order valence-electron chi connectivity index (χ0n) is 10.8. The van der Waals surface area contributed by atoms with Crippen LogP contribution in [-0.4, -0.2) is 38.1 Å². The van der Waals surface area contributed by atoms with Crippen LogP contribution in [0, 0.1) is 6.92 Å². The molecule has 1 aromatic rings. The molecule has 0 aliphatic carbocycles. The fourth-order valence-electron chi connectivity index (χ4n) is 2.20. The number of carbonyl (C=O) groups excluding carboxylic acids is 1. The molecule has 0 atom stereocenters. The van der Waals surface area contributed by atoms with Crippen LogP contribution < -0.4 is 4.90 Å². The van der Waals surface area contributed by atoms with E-state index < -0.39 is 0 Å². The molecule has 4 heteroatoms. The van der Waals surface area contributed by atoms with Gasteiger partial charge in [0, 0.05) is 32.0 Å². The summed E-state index contributed by atoms with van der Waals surface area (Å²) < 4.78 is 5.13. The van der Waals surface area contributed by atoms with Crippen molar-refractivity contribution >= 4 is 12.1 Å². The lowest BCUT2D eigenvalue weighted by atomic mass is 10.1. The molecular weight excluding hydrogens is 228 g/mol. The van der Waals surface area contributed by atoms with Crippen molar-refractivity contribution in [1.29, 1.82) is 0 Å². The molecule has 2 heterocycles. The number of aryl methyl sites for hydroxylation is 1. The number of methoxy groups -OCH3 is 1. The number of aldehydes is 1. The Morgan fingerprint density at radius 1 is 1.56 bits per heavy atom. The molecule has 0 aromatic carbocycles. The summed E-state index contributed by atoms with van der Waals surface area (Å²) in [6.07, 6.45) is 5.66. The Bertz CT molecular complexity index is 469. The predicted molar refractivity (Wildman–Crippen MR) is 71.2 cm³/mol.